The molecule has 0 radical (unpaired) electrons. The standard InChI is InChI=1S/C16H21N7O7S3.CH4.Na.H2O/c1-22-15(19-20-21-22)33-4-7-3-32-14-16(30-2,13(29)23(14)10(7)12(27)28)18-9(24)6-31-5-8(17)11(25)26;;;/h8,14H,3-6,17H2,1-2H3,(H,18,24)(H,25,26)(H,27,28);1H4;;1H2/q;;+1;/p-1/t8?,14-,16+;;;/m1.../s1. The molecule has 0 bridgehead atoms. The minimum absolute atomic E-state index is 0. The fourth-order valence-corrected chi connectivity index (χ4v) is 6.33. The summed E-state index contributed by atoms with van der Waals surface area (Å²) in [5.41, 5.74) is 3.84. The molecule has 3 atom stereocenters. The zero-order chi connectivity index (χ0) is 24.3. The molecule has 196 valence electrons. The number of thioether (sulfide) groups is 3. The van der Waals surface area contributed by atoms with Crippen LogP contribution in [-0.4, -0.2) is 107 Å². The Hall–Kier alpha value is -1.38. The molecule has 0 aromatic carbocycles. The molecule has 3 heterocycles. The molecule has 15 nitrogen and oxygen atoms in total. The van der Waals surface area contributed by atoms with E-state index in [0.717, 1.165) is 16.7 Å². The van der Waals surface area contributed by atoms with E-state index in [4.69, 9.17) is 15.6 Å². The van der Waals surface area contributed by atoms with Crippen LogP contribution in [0.2, 0.25) is 0 Å². The minimum atomic E-state index is -1.75. The van der Waals surface area contributed by atoms with Gasteiger partial charge in [0.2, 0.25) is 11.1 Å². The third kappa shape index (κ3) is 6.93. The van der Waals surface area contributed by atoms with Crippen LogP contribution < -0.4 is 45.7 Å². The van der Waals surface area contributed by atoms with Crippen molar-refractivity contribution >= 4 is 59.0 Å². The first-order valence-electron chi connectivity index (χ1n) is 9.28. The molecule has 1 aromatic heterocycles. The number of aliphatic carboxylic acids is 2. The minimum Gasteiger partial charge on any atom is -0.543 e. The SMILES string of the molecule is C.CO[C@@]1(NC(=O)CSCC(N)C(=O)O)C(=O)N2C(C(=O)[O-])=C(CSc3nnnn3C)CS[C@@H]21.O.[Na+]. The molecular weight excluding hydrogens is 549 g/mol. The molecule has 1 saturated heterocycles. The first-order chi connectivity index (χ1) is 15.6. The molecule has 2 aliphatic rings. The molecule has 19 heteroatoms. The van der Waals surface area contributed by atoms with Crippen LogP contribution in [0.1, 0.15) is 7.43 Å². The predicted molar refractivity (Wildman–Crippen MR) is 126 cm³/mol. The number of fused-ring (bicyclic) bond motifs is 1. The number of carboxylic acids is 2. The third-order valence-electron chi connectivity index (χ3n) is 4.75. The summed E-state index contributed by atoms with van der Waals surface area (Å²) in [5.74, 6) is -3.73. The van der Waals surface area contributed by atoms with E-state index in [0.29, 0.717) is 10.7 Å². The Bertz CT molecular complexity index is 1010. The summed E-state index contributed by atoms with van der Waals surface area (Å²) < 4.78 is 6.78. The quantitative estimate of drug-likeness (QED) is 0.0963. The molecule has 0 saturated carbocycles. The van der Waals surface area contributed by atoms with E-state index < -0.39 is 40.9 Å². The van der Waals surface area contributed by atoms with Crippen LogP contribution in [0.4, 0.5) is 0 Å². The number of hydrogen-bond donors (Lipinski definition) is 3. The maximum absolute atomic E-state index is 13.0. The van der Waals surface area contributed by atoms with E-state index in [1.54, 1.807) is 7.05 Å². The van der Waals surface area contributed by atoms with Gasteiger partial charge in [0.25, 0.3) is 11.6 Å². The second-order valence-electron chi connectivity index (χ2n) is 6.90. The number of nitrogens with zero attached hydrogens (tertiary/aromatic N) is 5. The van der Waals surface area contributed by atoms with Crippen molar-refractivity contribution in [2.45, 2.75) is 29.7 Å². The molecule has 36 heavy (non-hydrogen) atoms. The van der Waals surface area contributed by atoms with E-state index in [1.807, 2.05) is 0 Å². The number of aromatic nitrogens is 4. The van der Waals surface area contributed by atoms with E-state index >= 15 is 0 Å². The number of amides is 2. The Morgan fingerprint density at radius 2 is 2.11 bits per heavy atom. The Morgan fingerprint density at radius 1 is 1.44 bits per heavy atom. The van der Waals surface area contributed by atoms with Crippen LogP contribution in [0.5, 0.6) is 0 Å². The van der Waals surface area contributed by atoms with Crippen molar-refractivity contribution < 1.29 is 69.2 Å². The largest absolute Gasteiger partial charge is 1.00 e. The topological polar surface area (TPSA) is 237 Å². The second-order valence-corrected chi connectivity index (χ2v) is 9.94. The van der Waals surface area contributed by atoms with Crippen molar-refractivity contribution in [3.8, 4) is 0 Å². The number of tetrazole rings is 1. The number of methoxy groups -OCH3 is 1. The monoisotopic (exact) mass is 575 g/mol. The van der Waals surface area contributed by atoms with Crippen LogP contribution in [0, 0.1) is 0 Å². The molecule has 2 amide bonds. The van der Waals surface area contributed by atoms with E-state index in [-0.39, 0.29) is 71.2 Å². The Kier molecular flexibility index (Phi) is 14.0. The predicted octanol–water partition coefficient (Wildman–Crippen LogP) is -6.36. The number of aryl methyl sites for hydroxylation is 1. The fourth-order valence-electron chi connectivity index (χ4n) is 3.13. The van der Waals surface area contributed by atoms with Gasteiger partial charge in [-0.25, -0.2) is 4.68 Å². The Morgan fingerprint density at radius 3 is 2.64 bits per heavy atom. The van der Waals surface area contributed by atoms with Crippen molar-refractivity contribution in [2.75, 3.05) is 30.1 Å². The van der Waals surface area contributed by atoms with Crippen molar-refractivity contribution in [3.05, 3.63) is 11.3 Å². The van der Waals surface area contributed by atoms with Gasteiger partial charge in [0.15, 0.2) is 0 Å². The normalized spacial score (nSPS) is 21.1. The molecule has 0 spiro atoms. The summed E-state index contributed by atoms with van der Waals surface area (Å²) in [4.78, 5) is 49.1. The van der Waals surface area contributed by atoms with Gasteiger partial charge >= 0.3 is 35.5 Å². The maximum Gasteiger partial charge on any atom is 1.00 e. The van der Waals surface area contributed by atoms with E-state index in [1.165, 1.54) is 35.3 Å². The first kappa shape index (κ1) is 34.6. The number of nitrogens with two attached hydrogens (primary N) is 1. The number of ether oxygens (including phenoxy) is 1. The van der Waals surface area contributed by atoms with Crippen molar-refractivity contribution in [3.63, 3.8) is 0 Å². The second kappa shape index (κ2) is 14.5. The summed E-state index contributed by atoms with van der Waals surface area (Å²) >= 11 is 3.43. The van der Waals surface area contributed by atoms with Crippen molar-refractivity contribution in [1.29, 1.82) is 0 Å². The smallest absolute Gasteiger partial charge is 0.543 e. The summed E-state index contributed by atoms with van der Waals surface area (Å²) in [7, 11) is 2.88. The van der Waals surface area contributed by atoms with Crippen LogP contribution in [-0.2, 0) is 31.0 Å². The van der Waals surface area contributed by atoms with Gasteiger partial charge in [0.1, 0.15) is 11.4 Å². The zero-order valence-corrected chi connectivity index (χ0v) is 23.4. The number of carboxylic acid groups (broad SMARTS) is 2. The van der Waals surface area contributed by atoms with Gasteiger partial charge in [-0.15, -0.1) is 28.6 Å². The zero-order valence-electron chi connectivity index (χ0n) is 18.9. The number of carbonyl (C=O) groups is 4. The molecule has 1 fully saturated rings. The number of hydrogen-bond acceptors (Lipinski definition) is 13. The molecule has 2 aliphatic heterocycles. The molecular formula is C17H26N7NaO8S3. The van der Waals surface area contributed by atoms with E-state index in [9.17, 15) is 24.3 Å². The van der Waals surface area contributed by atoms with Crippen LogP contribution in [0.25, 0.3) is 0 Å². The number of β-lactam (4-membered cyclic amide) rings is 1. The van der Waals surface area contributed by atoms with Gasteiger partial charge in [0, 0.05) is 31.4 Å². The van der Waals surface area contributed by atoms with Gasteiger partial charge in [-0.1, -0.05) is 19.2 Å². The van der Waals surface area contributed by atoms with Gasteiger partial charge in [-0.3, -0.25) is 19.3 Å². The average Bonchev–Trinajstić information content (AvgIpc) is 3.19. The van der Waals surface area contributed by atoms with Gasteiger partial charge in [0.05, 0.1) is 17.4 Å². The number of nitrogens with one attached hydrogen (secondary N) is 1. The Balaban J connectivity index is 0.00000408. The fraction of sp³-hybridized carbons (Fsp3) is 0.588. The average molecular weight is 576 g/mol. The molecule has 1 aromatic rings. The van der Waals surface area contributed by atoms with E-state index in [2.05, 4.69) is 20.8 Å². The van der Waals surface area contributed by atoms with Crippen molar-refractivity contribution in [2.24, 2.45) is 12.8 Å². The molecule has 1 unspecified atom stereocenters. The summed E-state index contributed by atoms with van der Waals surface area (Å²) in [6.45, 7) is 0. The summed E-state index contributed by atoms with van der Waals surface area (Å²) in [5, 5.41) is 33.9. The van der Waals surface area contributed by atoms with Gasteiger partial charge in [-0.05, 0) is 16.0 Å². The third-order valence-corrected chi connectivity index (χ3v) is 8.29. The van der Waals surface area contributed by atoms with Crippen LogP contribution >= 0.6 is 35.3 Å². The maximum atomic E-state index is 13.0. The summed E-state index contributed by atoms with van der Waals surface area (Å²) in [6, 6.07) is -1.13. The first-order valence-corrected chi connectivity index (χ1v) is 12.5. The van der Waals surface area contributed by atoms with Crippen molar-refractivity contribution in [1.82, 2.24) is 30.4 Å². The van der Waals surface area contributed by atoms with Crippen LogP contribution in [0.3, 0.4) is 0 Å². The Labute approximate surface area is 241 Å². The van der Waals surface area contributed by atoms with Crippen LogP contribution in [0.15, 0.2) is 16.4 Å². The van der Waals surface area contributed by atoms with Gasteiger partial charge < -0.3 is 36.3 Å². The molecule has 0 aliphatic carbocycles. The molecule has 6 N–H and O–H groups in total. The number of carbonyl (C=O) groups excluding carboxylic acids is 3. The number of rotatable bonds is 11. The van der Waals surface area contributed by atoms with Gasteiger partial charge in [-0.2, -0.15) is 0 Å². The molecule has 3 rings (SSSR count). The summed E-state index contributed by atoms with van der Waals surface area (Å²) in [6.07, 6.45) is 0.